The molecule has 2 rings (SSSR count). The number of rotatable bonds is 4. The van der Waals surface area contributed by atoms with Gasteiger partial charge in [-0.15, -0.1) is 11.3 Å². The van der Waals surface area contributed by atoms with Crippen LogP contribution >= 0.6 is 11.3 Å². The molecular weight excluding hydrogens is 254 g/mol. The van der Waals surface area contributed by atoms with Crippen LogP contribution in [0.15, 0.2) is 5.38 Å². The molecule has 0 spiro atoms. The van der Waals surface area contributed by atoms with Crippen molar-refractivity contribution in [2.45, 2.75) is 65.1 Å². The molecule has 1 aliphatic heterocycles. The Bertz CT molecular complexity index is 431. The highest BCUT2D eigenvalue weighted by atomic mass is 32.1. The molecule has 1 fully saturated rings. The summed E-state index contributed by atoms with van der Waals surface area (Å²) in [5.41, 5.74) is 1.70. The van der Waals surface area contributed by atoms with Crippen molar-refractivity contribution in [2.24, 2.45) is 0 Å². The summed E-state index contributed by atoms with van der Waals surface area (Å²) < 4.78 is 0. The van der Waals surface area contributed by atoms with Crippen LogP contribution in [-0.4, -0.2) is 34.1 Å². The van der Waals surface area contributed by atoms with E-state index in [2.05, 4.69) is 55.2 Å². The Morgan fingerprint density at radius 3 is 2.63 bits per heavy atom. The van der Waals surface area contributed by atoms with Gasteiger partial charge >= 0.3 is 0 Å². The van der Waals surface area contributed by atoms with Gasteiger partial charge in [-0.3, -0.25) is 4.90 Å². The normalized spacial score (nSPS) is 32.7. The molecule has 0 radical (unpaired) electrons. The summed E-state index contributed by atoms with van der Waals surface area (Å²) >= 11 is 1.75. The summed E-state index contributed by atoms with van der Waals surface area (Å²) in [4.78, 5) is 7.26. The van der Waals surface area contributed by atoms with E-state index in [1.165, 1.54) is 23.5 Å². The number of aromatic nitrogens is 1. The molecule has 1 saturated heterocycles. The second-order valence-electron chi connectivity index (χ2n) is 6.33. The Kier molecular flexibility index (Phi) is 4.33. The minimum absolute atomic E-state index is 0.236. The summed E-state index contributed by atoms with van der Waals surface area (Å²) in [6.07, 6.45) is 2.34. The van der Waals surface area contributed by atoms with Crippen molar-refractivity contribution in [2.75, 3.05) is 13.1 Å². The topological polar surface area (TPSA) is 28.2 Å². The average Bonchev–Trinajstić information content (AvgIpc) is 2.80. The Labute approximate surface area is 121 Å². The smallest absolute Gasteiger partial charge is 0.0897 e. The van der Waals surface area contributed by atoms with E-state index in [1.807, 2.05) is 0 Å². The van der Waals surface area contributed by atoms with Gasteiger partial charge in [-0.2, -0.15) is 0 Å². The van der Waals surface area contributed by atoms with Crippen molar-refractivity contribution in [1.82, 2.24) is 15.2 Å². The standard InChI is InChI=1S/C15H27N3S/c1-6-14(4)11-18(15(5,7-2)10-16-14)8-13-9-19-12(3)17-13/h9,16H,6-8,10-11H2,1-5H3. The largest absolute Gasteiger partial charge is 0.308 e. The summed E-state index contributed by atoms with van der Waals surface area (Å²) in [6, 6.07) is 0. The summed E-state index contributed by atoms with van der Waals surface area (Å²) in [7, 11) is 0. The van der Waals surface area contributed by atoms with Crippen molar-refractivity contribution >= 4 is 11.3 Å². The first-order valence-electron chi connectivity index (χ1n) is 7.32. The average molecular weight is 281 g/mol. The predicted molar refractivity (Wildman–Crippen MR) is 82.7 cm³/mol. The Morgan fingerprint density at radius 2 is 2.11 bits per heavy atom. The van der Waals surface area contributed by atoms with Crippen LogP contribution in [-0.2, 0) is 6.54 Å². The van der Waals surface area contributed by atoms with E-state index in [0.29, 0.717) is 0 Å². The van der Waals surface area contributed by atoms with E-state index in [4.69, 9.17) is 0 Å². The lowest BCUT2D eigenvalue weighted by molar-refractivity contribution is 0.00965. The molecule has 4 heteroatoms. The molecule has 2 atom stereocenters. The fourth-order valence-electron chi connectivity index (χ4n) is 2.69. The fraction of sp³-hybridized carbons (Fsp3) is 0.800. The molecular formula is C15H27N3S. The van der Waals surface area contributed by atoms with Crippen LogP contribution in [0.5, 0.6) is 0 Å². The van der Waals surface area contributed by atoms with Crippen LogP contribution in [0.3, 0.4) is 0 Å². The molecule has 108 valence electrons. The van der Waals surface area contributed by atoms with E-state index in [9.17, 15) is 0 Å². The minimum Gasteiger partial charge on any atom is -0.308 e. The van der Waals surface area contributed by atoms with E-state index < -0.39 is 0 Å². The third kappa shape index (κ3) is 3.18. The second-order valence-corrected chi connectivity index (χ2v) is 7.39. The van der Waals surface area contributed by atoms with Gasteiger partial charge in [0.05, 0.1) is 10.7 Å². The lowest BCUT2D eigenvalue weighted by Gasteiger charge is -2.52. The fourth-order valence-corrected chi connectivity index (χ4v) is 3.30. The molecule has 2 unspecified atom stereocenters. The lowest BCUT2D eigenvalue weighted by Crippen LogP contribution is -2.67. The van der Waals surface area contributed by atoms with E-state index in [0.717, 1.165) is 19.6 Å². The maximum Gasteiger partial charge on any atom is 0.0897 e. The predicted octanol–water partition coefficient (Wildman–Crippen LogP) is 3.19. The van der Waals surface area contributed by atoms with Gasteiger partial charge in [0, 0.05) is 36.1 Å². The first kappa shape index (κ1) is 14.9. The Balaban J connectivity index is 2.16. The quantitative estimate of drug-likeness (QED) is 0.918. The van der Waals surface area contributed by atoms with Gasteiger partial charge in [0.1, 0.15) is 0 Å². The molecule has 19 heavy (non-hydrogen) atoms. The van der Waals surface area contributed by atoms with Crippen LogP contribution in [0.4, 0.5) is 0 Å². The highest BCUT2D eigenvalue weighted by molar-refractivity contribution is 7.09. The molecule has 1 aromatic heterocycles. The van der Waals surface area contributed by atoms with Crippen LogP contribution in [0.1, 0.15) is 51.2 Å². The first-order chi connectivity index (χ1) is 8.91. The van der Waals surface area contributed by atoms with Gasteiger partial charge < -0.3 is 5.32 Å². The SMILES string of the molecule is CCC1(C)CN(Cc2csc(C)n2)C(C)(CC)CN1. The van der Waals surface area contributed by atoms with Crippen LogP contribution in [0.25, 0.3) is 0 Å². The Hall–Kier alpha value is -0.450. The van der Waals surface area contributed by atoms with Gasteiger partial charge in [0.15, 0.2) is 0 Å². The minimum atomic E-state index is 0.236. The number of thiazole rings is 1. The van der Waals surface area contributed by atoms with Crippen molar-refractivity contribution in [3.8, 4) is 0 Å². The van der Waals surface area contributed by atoms with Gasteiger partial charge in [-0.1, -0.05) is 13.8 Å². The van der Waals surface area contributed by atoms with Crippen molar-refractivity contribution in [3.05, 3.63) is 16.1 Å². The van der Waals surface area contributed by atoms with Crippen LogP contribution in [0.2, 0.25) is 0 Å². The van der Waals surface area contributed by atoms with E-state index in [-0.39, 0.29) is 11.1 Å². The van der Waals surface area contributed by atoms with E-state index >= 15 is 0 Å². The zero-order valence-electron chi connectivity index (χ0n) is 12.9. The summed E-state index contributed by atoms with van der Waals surface area (Å²) in [5.74, 6) is 0. The summed E-state index contributed by atoms with van der Waals surface area (Å²) in [5, 5.41) is 7.12. The van der Waals surface area contributed by atoms with Crippen molar-refractivity contribution in [3.63, 3.8) is 0 Å². The molecule has 1 aromatic rings. The second kappa shape index (κ2) is 5.51. The number of aryl methyl sites for hydroxylation is 1. The third-order valence-corrected chi connectivity index (χ3v) is 5.58. The third-order valence-electron chi connectivity index (χ3n) is 4.76. The molecule has 1 N–H and O–H groups in total. The first-order valence-corrected chi connectivity index (χ1v) is 8.20. The number of hydrogen-bond donors (Lipinski definition) is 1. The molecule has 0 bridgehead atoms. The highest BCUT2D eigenvalue weighted by Gasteiger charge is 2.40. The Morgan fingerprint density at radius 1 is 1.37 bits per heavy atom. The molecule has 0 saturated carbocycles. The van der Waals surface area contributed by atoms with E-state index in [1.54, 1.807) is 11.3 Å². The van der Waals surface area contributed by atoms with Gasteiger partial charge in [-0.05, 0) is 33.6 Å². The zero-order valence-corrected chi connectivity index (χ0v) is 13.7. The maximum atomic E-state index is 4.63. The molecule has 0 aromatic carbocycles. The molecule has 0 aliphatic carbocycles. The number of piperazine rings is 1. The lowest BCUT2D eigenvalue weighted by atomic mass is 9.85. The zero-order chi connectivity index (χ0) is 14.1. The molecule has 0 amide bonds. The monoisotopic (exact) mass is 281 g/mol. The van der Waals surface area contributed by atoms with Crippen LogP contribution in [0, 0.1) is 6.92 Å². The molecule has 2 heterocycles. The van der Waals surface area contributed by atoms with Crippen LogP contribution < -0.4 is 5.32 Å². The van der Waals surface area contributed by atoms with Gasteiger partial charge in [-0.25, -0.2) is 4.98 Å². The van der Waals surface area contributed by atoms with Gasteiger partial charge in [0.2, 0.25) is 0 Å². The van der Waals surface area contributed by atoms with Crippen molar-refractivity contribution in [1.29, 1.82) is 0 Å². The molecule has 3 nitrogen and oxygen atoms in total. The number of hydrogen-bond acceptors (Lipinski definition) is 4. The van der Waals surface area contributed by atoms with Crippen molar-refractivity contribution < 1.29 is 0 Å². The molecule has 1 aliphatic rings. The summed E-state index contributed by atoms with van der Waals surface area (Å²) in [6.45, 7) is 14.5. The number of nitrogens with one attached hydrogen (secondary N) is 1. The highest BCUT2D eigenvalue weighted by Crippen LogP contribution is 2.30. The van der Waals surface area contributed by atoms with Gasteiger partial charge in [0.25, 0.3) is 0 Å². The maximum absolute atomic E-state index is 4.63. The number of nitrogens with zero attached hydrogens (tertiary/aromatic N) is 2.